The second-order valence-electron chi connectivity index (χ2n) is 4.51. The van der Waals surface area contributed by atoms with E-state index < -0.39 is 12.1 Å². The van der Waals surface area contributed by atoms with Gasteiger partial charge in [0, 0.05) is 19.3 Å². The summed E-state index contributed by atoms with van der Waals surface area (Å²) in [5.74, 6) is -0.424. The van der Waals surface area contributed by atoms with Crippen molar-refractivity contribution < 1.29 is 19.4 Å². The van der Waals surface area contributed by atoms with Crippen LogP contribution in [0.25, 0.3) is 6.08 Å². The molecule has 0 aromatic heterocycles. The van der Waals surface area contributed by atoms with Gasteiger partial charge in [0.15, 0.2) is 0 Å². The normalized spacial score (nSPS) is 22.7. The van der Waals surface area contributed by atoms with Crippen LogP contribution in [0.1, 0.15) is 35.2 Å². The number of benzene rings is 1. The van der Waals surface area contributed by atoms with Gasteiger partial charge in [0.25, 0.3) is 0 Å². The first-order valence-electron chi connectivity index (χ1n) is 6.29. The first-order chi connectivity index (χ1) is 9.16. The number of hydrogen-bond acceptors (Lipinski definition) is 4. The van der Waals surface area contributed by atoms with Gasteiger partial charge in [0.2, 0.25) is 0 Å². The van der Waals surface area contributed by atoms with Crippen LogP contribution in [0.2, 0.25) is 0 Å². The topological polar surface area (TPSA) is 63.6 Å². The van der Waals surface area contributed by atoms with Crippen LogP contribution < -0.4 is 0 Å². The molecule has 0 spiro atoms. The van der Waals surface area contributed by atoms with E-state index in [9.17, 15) is 14.7 Å². The molecule has 1 atom stereocenters. The molecule has 4 nitrogen and oxygen atoms in total. The third kappa shape index (κ3) is 3.76. The predicted molar refractivity (Wildman–Crippen MR) is 70.6 cm³/mol. The average Bonchev–Trinajstić information content (AvgIpc) is 2.38. The number of carbonyl (C=O) groups excluding carboxylic acids is 2. The number of cyclic esters (lactones) is 1. The molecule has 2 rings (SSSR count). The molecule has 0 bridgehead atoms. The van der Waals surface area contributed by atoms with E-state index in [4.69, 9.17) is 4.74 Å². The molecule has 1 aromatic rings. The smallest absolute Gasteiger partial charge is 0.338 e. The van der Waals surface area contributed by atoms with Crippen LogP contribution in [0.15, 0.2) is 30.3 Å². The van der Waals surface area contributed by atoms with Gasteiger partial charge in [-0.25, -0.2) is 4.79 Å². The lowest BCUT2D eigenvalue weighted by molar-refractivity contribution is -0.120. The van der Waals surface area contributed by atoms with Gasteiger partial charge < -0.3 is 9.84 Å². The second-order valence-corrected chi connectivity index (χ2v) is 4.51. The molecule has 0 amide bonds. The van der Waals surface area contributed by atoms with E-state index in [2.05, 4.69) is 0 Å². The molecule has 100 valence electrons. The Balaban J connectivity index is 2.25. The van der Waals surface area contributed by atoms with E-state index in [1.807, 2.05) is 6.07 Å². The monoisotopic (exact) mass is 260 g/mol. The number of hydrogen-bond donors (Lipinski definition) is 1. The Morgan fingerprint density at radius 2 is 2.00 bits per heavy atom. The summed E-state index contributed by atoms with van der Waals surface area (Å²) in [6.45, 7) is 0.116. The quantitative estimate of drug-likeness (QED) is 0.724. The summed E-state index contributed by atoms with van der Waals surface area (Å²) < 4.78 is 5.10. The summed E-state index contributed by atoms with van der Waals surface area (Å²) in [6.07, 6.45) is 3.35. The number of aliphatic hydroxyl groups is 1. The molecule has 1 unspecified atom stereocenters. The van der Waals surface area contributed by atoms with E-state index in [1.165, 1.54) is 0 Å². The van der Waals surface area contributed by atoms with Crippen molar-refractivity contribution in [3.05, 3.63) is 41.5 Å². The molecule has 0 fully saturated rings. The molecule has 1 N–H and O–H groups in total. The van der Waals surface area contributed by atoms with E-state index >= 15 is 0 Å². The summed E-state index contributed by atoms with van der Waals surface area (Å²) in [5, 5.41) is 9.61. The van der Waals surface area contributed by atoms with Crippen molar-refractivity contribution in [2.75, 3.05) is 6.61 Å². The van der Waals surface area contributed by atoms with E-state index in [-0.39, 0.29) is 31.7 Å². The van der Waals surface area contributed by atoms with Gasteiger partial charge in [-0.3, -0.25) is 4.79 Å². The molecule has 1 aliphatic heterocycles. The zero-order valence-electron chi connectivity index (χ0n) is 10.5. The molecule has 0 radical (unpaired) electrons. The number of aliphatic hydroxyl groups excluding tert-OH is 1. The fraction of sp³-hybridized carbons (Fsp3) is 0.333. The summed E-state index contributed by atoms with van der Waals surface area (Å²) in [7, 11) is 0. The van der Waals surface area contributed by atoms with Crippen LogP contribution in [0.5, 0.6) is 0 Å². The number of allylic oxidation sites excluding steroid dienone is 1. The van der Waals surface area contributed by atoms with Crippen LogP contribution >= 0.6 is 0 Å². The third-order valence-corrected chi connectivity index (χ3v) is 2.97. The summed E-state index contributed by atoms with van der Waals surface area (Å²) in [5.41, 5.74) is 1.21. The second kappa shape index (κ2) is 6.29. The maximum atomic E-state index is 11.9. The summed E-state index contributed by atoms with van der Waals surface area (Å²) in [6, 6.07) is 7.08. The Labute approximate surface area is 111 Å². The molecule has 4 heteroatoms. The third-order valence-electron chi connectivity index (χ3n) is 2.97. The number of carbonyl (C=O) groups is 2. The fourth-order valence-electron chi connectivity index (χ4n) is 1.96. The lowest BCUT2D eigenvalue weighted by atomic mass is 10.0. The van der Waals surface area contributed by atoms with Crippen LogP contribution in [0.4, 0.5) is 0 Å². The number of ketones is 1. The van der Waals surface area contributed by atoms with Gasteiger partial charge >= 0.3 is 5.97 Å². The van der Waals surface area contributed by atoms with Crippen LogP contribution in [0, 0.1) is 0 Å². The zero-order valence-corrected chi connectivity index (χ0v) is 10.5. The van der Waals surface area contributed by atoms with Gasteiger partial charge in [-0.1, -0.05) is 30.4 Å². The number of ether oxygens (including phenoxy) is 1. The molecule has 19 heavy (non-hydrogen) atoms. The highest BCUT2D eigenvalue weighted by molar-refractivity contribution is 5.94. The molecule has 0 aliphatic carbocycles. The van der Waals surface area contributed by atoms with E-state index in [0.29, 0.717) is 5.56 Å². The summed E-state index contributed by atoms with van der Waals surface area (Å²) in [4.78, 5) is 23.5. The van der Waals surface area contributed by atoms with Gasteiger partial charge in [-0.2, -0.15) is 0 Å². The molecule has 1 aliphatic rings. The first kappa shape index (κ1) is 13.5. The van der Waals surface area contributed by atoms with Crippen LogP contribution in [-0.4, -0.2) is 29.6 Å². The molecule has 1 aromatic carbocycles. The highest BCUT2D eigenvalue weighted by Gasteiger charge is 2.15. The largest absolute Gasteiger partial charge is 0.462 e. The Kier molecular flexibility index (Phi) is 4.47. The molecular weight excluding hydrogens is 244 g/mol. The van der Waals surface area contributed by atoms with Gasteiger partial charge in [-0.15, -0.1) is 0 Å². The van der Waals surface area contributed by atoms with E-state index in [1.54, 1.807) is 30.4 Å². The lowest BCUT2D eigenvalue weighted by Crippen LogP contribution is -2.17. The molecule has 0 saturated heterocycles. The van der Waals surface area contributed by atoms with Crippen molar-refractivity contribution in [1.29, 1.82) is 0 Å². The maximum Gasteiger partial charge on any atom is 0.338 e. The maximum absolute atomic E-state index is 11.9. The zero-order chi connectivity index (χ0) is 13.7. The number of Topliss-reactive ketones (excluding diaryl/α,β-unsaturated/α-hetero) is 1. The fourth-order valence-corrected chi connectivity index (χ4v) is 1.96. The minimum atomic E-state index is -0.747. The predicted octanol–water partition coefficient (Wildman–Crippen LogP) is 1.97. The van der Waals surface area contributed by atoms with Gasteiger partial charge in [0.1, 0.15) is 5.78 Å². The van der Waals surface area contributed by atoms with Crippen molar-refractivity contribution >= 4 is 17.8 Å². The molecular formula is C15H16O4. The standard InChI is InChI=1S/C15H16O4/c16-12-6-3-5-11-4-1-2-7-14(11)15(18)19-9-8-13(17)10-12/h1-5,7,13,17H,6,8-10H2/b5-3+. The Bertz CT molecular complexity index is 505. The molecule has 1 heterocycles. The highest BCUT2D eigenvalue weighted by Crippen LogP contribution is 2.14. The van der Waals surface area contributed by atoms with Crippen molar-refractivity contribution in [1.82, 2.24) is 0 Å². The van der Waals surface area contributed by atoms with Crippen molar-refractivity contribution in [3.8, 4) is 0 Å². The Morgan fingerprint density at radius 3 is 2.84 bits per heavy atom. The van der Waals surface area contributed by atoms with Gasteiger partial charge in [-0.05, 0) is 11.6 Å². The van der Waals surface area contributed by atoms with Crippen molar-refractivity contribution in [2.45, 2.75) is 25.4 Å². The van der Waals surface area contributed by atoms with Crippen molar-refractivity contribution in [3.63, 3.8) is 0 Å². The van der Waals surface area contributed by atoms with Crippen molar-refractivity contribution in [2.24, 2.45) is 0 Å². The van der Waals surface area contributed by atoms with E-state index in [0.717, 1.165) is 5.56 Å². The first-order valence-corrected chi connectivity index (χ1v) is 6.29. The lowest BCUT2D eigenvalue weighted by Gasteiger charge is -2.12. The number of esters is 1. The van der Waals surface area contributed by atoms with Crippen LogP contribution in [0.3, 0.4) is 0 Å². The average molecular weight is 260 g/mol. The highest BCUT2D eigenvalue weighted by atomic mass is 16.5. The minimum Gasteiger partial charge on any atom is -0.462 e. The minimum absolute atomic E-state index is 0.0202. The van der Waals surface area contributed by atoms with Crippen LogP contribution in [-0.2, 0) is 9.53 Å². The number of rotatable bonds is 0. The SMILES string of the molecule is O=C1C/C=C/c2ccccc2C(=O)OCCC(O)C1. The number of fused-ring (bicyclic) bond motifs is 1. The Hall–Kier alpha value is -1.94. The summed E-state index contributed by atoms with van der Waals surface area (Å²) >= 11 is 0. The Morgan fingerprint density at radius 1 is 1.21 bits per heavy atom. The molecule has 0 saturated carbocycles. The van der Waals surface area contributed by atoms with Gasteiger partial charge in [0.05, 0.1) is 18.3 Å².